The summed E-state index contributed by atoms with van der Waals surface area (Å²) >= 11 is 0. The van der Waals surface area contributed by atoms with E-state index < -0.39 is 233 Å². The molecule has 4 saturated heterocycles. The summed E-state index contributed by atoms with van der Waals surface area (Å²) in [6, 6.07) is 12.2. The highest BCUT2D eigenvalue weighted by molar-refractivity contribution is 5.72. The van der Waals surface area contributed by atoms with Crippen LogP contribution in [0.25, 0.3) is 11.1 Å². The number of hydrogen-bond donors (Lipinski definition) is 0. The predicted molar refractivity (Wildman–Crippen MR) is 320 cm³/mol. The third kappa shape index (κ3) is 23.2. The lowest BCUT2D eigenvalue weighted by Gasteiger charge is -2.48. The lowest BCUT2D eigenvalue weighted by Crippen LogP contribution is -2.67. The van der Waals surface area contributed by atoms with Crippen LogP contribution in [0.15, 0.2) is 48.5 Å². The van der Waals surface area contributed by atoms with Crippen LogP contribution in [0, 0.1) is 0 Å². The SMILES string of the molecule is CC(=O)OC[C@H]1O[C@@H](O[C@H]2[C@H](OC(C)=O)[C@@H](OC(C)=O)[C@@H](Oc3ccc(-c4ccc(O[C@H]5O[C@H](COC(C)=O)[C@@H](O[C@@H]6O[C@H](COC(C)=O)[C@H](OC(C)=O)[C@H](OC(C)=O)[C@H]6OC(C)=O)[C@H](OC(C)=O)[C@H]5OC(C)=O)cc4)cc3)O[C@@H]2COC(C)=O)[C@H](OC(C)=O)[C@@H](OC(C)=O)[C@H]1OC(C)=O. The zero-order chi connectivity index (χ0) is 74.0. The number of benzene rings is 2. The fraction of sp³-hybridized carbons (Fsp3) is 0.594. The van der Waals surface area contributed by atoms with Crippen LogP contribution < -0.4 is 9.47 Å². The van der Waals surface area contributed by atoms with Crippen LogP contribution in [0.2, 0.25) is 0 Å². The molecule has 0 N–H and O–H groups in total. The first-order chi connectivity index (χ1) is 47.1. The summed E-state index contributed by atoms with van der Waals surface area (Å²) in [6.45, 7) is 11.6. The van der Waals surface area contributed by atoms with Crippen molar-refractivity contribution >= 4 is 83.6 Å². The lowest BCUT2D eigenvalue weighted by atomic mass is 9.96. The lowest BCUT2D eigenvalue weighted by molar-refractivity contribution is -0.354. The fourth-order valence-electron chi connectivity index (χ4n) is 10.9. The van der Waals surface area contributed by atoms with E-state index in [-0.39, 0.29) is 11.5 Å². The van der Waals surface area contributed by atoms with E-state index in [0.29, 0.717) is 11.1 Å². The predicted octanol–water partition coefficient (Wildman–Crippen LogP) is 1.35. The van der Waals surface area contributed by atoms with Crippen LogP contribution in [-0.2, 0) is 162 Å². The molecule has 0 spiro atoms. The third-order valence-corrected chi connectivity index (χ3v) is 14.3. The topological polar surface area (TPSA) is 442 Å². The zero-order valence-electron chi connectivity index (χ0n) is 56.7. The number of hydrogen-bond acceptors (Lipinski definition) is 36. The van der Waals surface area contributed by atoms with Crippen molar-refractivity contribution in [3.63, 3.8) is 0 Å². The van der Waals surface area contributed by atoms with E-state index in [2.05, 4.69) is 0 Å². The molecule has 2 aromatic carbocycles. The molecular formula is C64H78O36. The Hall–Kier alpha value is -9.62. The van der Waals surface area contributed by atoms with Crippen molar-refractivity contribution in [2.45, 2.75) is 220 Å². The Labute approximate surface area is 570 Å². The van der Waals surface area contributed by atoms with E-state index in [1.54, 1.807) is 24.3 Å². The van der Waals surface area contributed by atoms with Crippen LogP contribution in [0.5, 0.6) is 11.5 Å². The van der Waals surface area contributed by atoms with Gasteiger partial charge >= 0.3 is 83.6 Å². The summed E-state index contributed by atoms with van der Waals surface area (Å²) < 4.78 is 128. The third-order valence-electron chi connectivity index (χ3n) is 14.3. The van der Waals surface area contributed by atoms with Gasteiger partial charge in [0.15, 0.2) is 61.4 Å². The highest BCUT2D eigenvalue weighted by Gasteiger charge is 2.60. The number of ether oxygens (including phenoxy) is 22. The number of esters is 14. The van der Waals surface area contributed by atoms with Crippen molar-refractivity contribution < 1.29 is 171 Å². The van der Waals surface area contributed by atoms with Gasteiger partial charge in [-0.25, -0.2) is 0 Å². The van der Waals surface area contributed by atoms with E-state index in [9.17, 15) is 67.1 Å². The Morgan fingerprint density at radius 2 is 0.430 bits per heavy atom. The van der Waals surface area contributed by atoms with Gasteiger partial charge in [0.05, 0.1) is 0 Å². The molecule has 0 radical (unpaired) electrons. The molecular weight excluding hydrogens is 1340 g/mol. The molecule has 36 nitrogen and oxygen atoms in total. The molecule has 4 aliphatic heterocycles. The van der Waals surface area contributed by atoms with Crippen molar-refractivity contribution in [2.24, 2.45) is 0 Å². The second-order valence-electron chi connectivity index (χ2n) is 22.6. The van der Waals surface area contributed by atoms with Gasteiger partial charge in [-0.3, -0.25) is 67.1 Å². The molecule has 0 amide bonds. The van der Waals surface area contributed by atoms with Crippen molar-refractivity contribution in [3.05, 3.63) is 48.5 Å². The molecule has 36 heteroatoms. The Morgan fingerprint density at radius 3 is 0.660 bits per heavy atom. The van der Waals surface area contributed by atoms with Crippen LogP contribution in [-0.4, -0.2) is 233 Å². The first-order valence-electron chi connectivity index (χ1n) is 30.8. The summed E-state index contributed by atoms with van der Waals surface area (Å²) in [7, 11) is 0. The largest absolute Gasteiger partial charge is 0.463 e. The molecule has 0 unspecified atom stereocenters. The van der Waals surface area contributed by atoms with E-state index in [0.717, 1.165) is 96.9 Å². The molecule has 0 aliphatic carbocycles. The quantitative estimate of drug-likeness (QED) is 0.0899. The van der Waals surface area contributed by atoms with E-state index in [4.69, 9.17) is 104 Å². The van der Waals surface area contributed by atoms with Crippen molar-refractivity contribution in [1.29, 1.82) is 0 Å². The van der Waals surface area contributed by atoms with E-state index in [1.165, 1.54) is 24.3 Å². The van der Waals surface area contributed by atoms with Gasteiger partial charge in [-0.05, 0) is 35.4 Å². The zero-order valence-corrected chi connectivity index (χ0v) is 56.7. The molecule has 6 rings (SSSR count). The second-order valence-corrected chi connectivity index (χ2v) is 22.6. The smallest absolute Gasteiger partial charge is 0.303 e. The Morgan fingerprint density at radius 1 is 0.240 bits per heavy atom. The maximum Gasteiger partial charge on any atom is 0.303 e. The first kappa shape index (κ1) is 79.4. The molecule has 20 atom stereocenters. The maximum atomic E-state index is 13.1. The van der Waals surface area contributed by atoms with Gasteiger partial charge in [0.1, 0.15) is 74.6 Å². The fourth-order valence-corrected chi connectivity index (χ4v) is 10.9. The molecule has 0 saturated carbocycles. The van der Waals surface area contributed by atoms with Crippen molar-refractivity contribution in [3.8, 4) is 22.6 Å². The van der Waals surface area contributed by atoms with Crippen LogP contribution in [0.3, 0.4) is 0 Å². The van der Waals surface area contributed by atoms with Crippen LogP contribution in [0.4, 0.5) is 0 Å². The standard InChI is InChI=1S/C64H78O36/c1-27(65)79-23-45-49(83-31(5)69)53(85-33(7)71)59(91-39(13)77)63(97-45)99-51-47(25-81-29(3)67)95-61(57(89-37(11)75)55(51)87-35(9)73)93-43-19-15-41(16-20-43)42-17-21-44(22-18-42)94-62-58(90-38(12)76)56(88-36(10)74)52(48(96-62)26-82-30(4)68)100-64-60(92-40(14)78)54(86-34(8)72)50(84-32(6)70)46(98-64)24-80-28(2)66/h15-22,45-64H,23-26H2,1-14H3/t45-,46-,47-,48-,49+,50+,51-,52-,53+,54+,55+,56+,57-,58-,59-,60-,61+,62+,63+,64+/m1/s1. The van der Waals surface area contributed by atoms with Crippen molar-refractivity contribution in [1.82, 2.24) is 0 Å². The van der Waals surface area contributed by atoms with Crippen molar-refractivity contribution in [2.75, 3.05) is 26.4 Å². The summed E-state index contributed by atoms with van der Waals surface area (Å²) in [5.41, 5.74) is 1.04. The minimum Gasteiger partial charge on any atom is -0.463 e. The van der Waals surface area contributed by atoms with Gasteiger partial charge in [0.25, 0.3) is 0 Å². The first-order valence-corrected chi connectivity index (χ1v) is 30.8. The monoisotopic (exact) mass is 1420 g/mol. The maximum absolute atomic E-state index is 13.1. The van der Waals surface area contributed by atoms with E-state index in [1.807, 2.05) is 0 Å². The average Bonchev–Trinajstić information content (AvgIpc) is 0.772. The molecule has 0 aromatic heterocycles. The molecule has 4 fully saturated rings. The summed E-state index contributed by atoms with van der Waals surface area (Å²) in [5.74, 6) is -12.9. The van der Waals surface area contributed by atoms with Gasteiger partial charge in [0, 0.05) is 96.9 Å². The van der Waals surface area contributed by atoms with Crippen LogP contribution in [0.1, 0.15) is 96.9 Å². The molecule has 4 heterocycles. The Balaban J connectivity index is 1.31. The number of rotatable bonds is 27. The van der Waals surface area contributed by atoms with Crippen LogP contribution >= 0.6 is 0 Å². The summed E-state index contributed by atoms with van der Waals surface area (Å²) in [6.07, 6.45) is -34.4. The van der Waals surface area contributed by atoms with Gasteiger partial charge in [-0.2, -0.15) is 0 Å². The Bertz CT molecular complexity index is 3060. The number of carbonyl (C=O) groups excluding carboxylic acids is 14. The molecule has 4 aliphatic rings. The number of carbonyl (C=O) groups is 14. The normalized spacial score (nSPS) is 29.1. The summed E-state index contributed by atoms with van der Waals surface area (Å²) in [4.78, 5) is 177. The minimum absolute atomic E-state index is 0.0330. The summed E-state index contributed by atoms with van der Waals surface area (Å²) in [5, 5.41) is 0. The van der Waals surface area contributed by atoms with Gasteiger partial charge in [-0.1, -0.05) is 24.3 Å². The second kappa shape index (κ2) is 36.5. The van der Waals surface area contributed by atoms with Gasteiger partial charge in [0.2, 0.25) is 24.8 Å². The Kier molecular flexibility index (Phi) is 28.9. The highest BCUT2D eigenvalue weighted by Crippen LogP contribution is 2.39. The van der Waals surface area contributed by atoms with Gasteiger partial charge in [-0.15, -0.1) is 0 Å². The molecule has 2 aromatic rings. The molecule has 100 heavy (non-hydrogen) atoms. The molecule has 550 valence electrons. The van der Waals surface area contributed by atoms with E-state index >= 15 is 0 Å². The minimum atomic E-state index is -1.93. The molecule has 0 bridgehead atoms. The highest BCUT2D eigenvalue weighted by atomic mass is 16.8. The average molecular weight is 1420 g/mol. The van der Waals surface area contributed by atoms with Gasteiger partial charge < -0.3 is 104 Å².